The number of tetrazole rings is 1. The Labute approximate surface area is 197 Å². The number of thiophene rings is 1. The van der Waals surface area contributed by atoms with Crippen LogP contribution in [0.25, 0.3) is 5.69 Å². The SMILES string of the molecule is CCOC(=O)c1c(N2Oc3ccc(OC)c(c3)-n3nnnc3SCC2=O)sc2c1CCCC2. The van der Waals surface area contributed by atoms with Crippen LogP contribution in [0.2, 0.25) is 0 Å². The fraction of sp³-hybridized carbons (Fsp3) is 0.381. The van der Waals surface area contributed by atoms with Crippen molar-refractivity contribution in [3.63, 3.8) is 0 Å². The second-order valence-corrected chi connectivity index (χ2v) is 9.41. The predicted octanol–water partition coefficient (Wildman–Crippen LogP) is 3.22. The van der Waals surface area contributed by atoms with Gasteiger partial charge < -0.3 is 14.3 Å². The molecule has 0 spiro atoms. The first kappa shape index (κ1) is 21.7. The van der Waals surface area contributed by atoms with Gasteiger partial charge in [-0.2, -0.15) is 4.68 Å². The topological polar surface area (TPSA) is 109 Å². The fourth-order valence-electron chi connectivity index (χ4n) is 3.92. The van der Waals surface area contributed by atoms with Gasteiger partial charge in [0.25, 0.3) is 5.91 Å². The Kier molecular flexibility index (Phi) is 5.94. The second kappa shape index (κ2) is 9.02. The van der Waals surface area contributed by atoms with E-state index in [1.807, 2.05) is 0 Å². The standard InChI is InChI=1S/C21H21N5O5S2/c1-3-30-20(28)18-13-6-4-5-7-16(13)33-19(18)26-17(27)11-32-21-22-23-24-25(21)14-10-12(31-26)8-9-15(14)29-2/h8-10H,3-7,11H2,1-2H3. The maximum absolute atomic E-state index is 13.4. The summed E-state index contributed by atoms with van der Waals surface area (Å²) in [6, 6.07) is 5.11. The van der Waals surface area contributed by atoms with Crippen LogP contribution in [0.4, 0.5) is 5.00 Å². The fourth-order valence-corrected chi connectivity index (χ4v) is 5.98. The van der Waals surface area contributed by atoms with Gasteiger partial charge in [0.05, 0.1) is 19.5 Å². The third-order valence-corrected chi connectivity index (χ3v) is 7.55. The Morgan fingerprint density at radius 2 is 2.12 bits per heavy atom. The van der Waals surface area contributed by atoms with E-state index in [0.717, 1.165) is 36.1 Å². The normalized spacial score (nSPS) is 15.3. The number of aromatic nitrogens is 4. The van der Waals surface area contributed by atoms with Crippen LogP contribution in [0.5, 0.6) is 11.5 Å². The Hall–Kier alpha value is -3.12. The van der Waals surface area contributed by atoms with Crippen molar-refractivity contribution in [1.29, 1.82) is 0 Å². The number of rotatable bonds is 4. The summed E-state index contributed by atoms with van der Waals surface area (Å²) in [5.74, 6) is 0.172. The number of thioether (sulfide) groups is 1. The van der Waals surface area contributed by atoms with E-state index in [0.29, 0.717) is 32.9 Å². The number of methoxy groups -OCH3 is 1. The van der Waals surface area contributed by atoms with Gasteiger partial charge in [-0.1, -0.05) is 11.8 Å². The van der Waals surface area contributed by atoms with Crippen LogP contribution in [0, 0.1) is 0 Å². The molecule has 0 N–H and O–H groups in total. The summed E-state index contributed by atoms with van der Waals surface area (Å²) in [6.45, 7) is 2.01. The van der Waals surface area contributed by atoms with E-state index < -0.39 is 5.97 Å². The van der Waals surface area contributed by atoms with Crippen molar-refractivity contribution < 1.29 is 23.9 Å². The van der Waals surface area contributed by atoms with Gasteiger partial charge in [-0.25, -0.2) is 4.79 Å². The zero-order valence-corrected chi connectivity index (χ0v) is 19.7. The van der Waals surface area contributed by atoms with E-state index in [4.69, 9.17) is 14.3 Å². The van der Waals surface area contributed by atoms with Crippen molar-refractivity contribution in [3.05, 3.63) is 34.2 Å². The summed E-state index contributed by atoms with van der Waals surface area (Å²) in [5, 5.41) is 13.9. The maximum atomic E-state index is 13.4. The molecular weight excluding hydrogens is 466 g/mol. The summed E-state index contributed by atoms with van der Waals surface area (Å²) < 4.78 is 12.3. The molecule has 0 saturated heterocycles. The molecule has 0 unspecified atom stereocenters. The summed E-state index contributed by atoms with van der Waals surface area (Å²) in [6.07, 6.45) is 3.68. The van der Waals surface area contributed by atoms with Crippen molar-refractivity contribution in [2.75, 3.05) is 24.5 Å². The summed E-state index contributed by atoms with van der Waals surface area (Å²) in [7, 11) is 1.56. The van der Waals surface area contributed by atoms with Crippen LogP contribution >= 0.6 is 23.1 Å². The van der Waals surface area contributed by atoms with Crippen molar-refractivity contribution in [2.24, 2.45) is 0 Å². The Morgan fingerprint density at radius 1 is 1.27 bits per heavy atom. The molecule has 1 aliphatic heterocycles. The van der Waals surface area contributed by atoms with Gasteiger partial charge in [-0.05, 0) is 60.7 Å². The molecule has 2 bridgehead atoms. The number of hydrogen-bond acceptors (Lipinski definition) is 10. The van der Waals surface area contributed by atoms with Crippen molar-refractivity contribution in [3.8, 4) is 17.2 Å². The molecule has 5 rings (SSSR count). The molecule has 1 aliphatic carbocycles. The molecule has 0 saturated carbocycles. The largest absolute Gasteiger partial charge is 0.494 e. The predicted molar refractivity (Wildman–Crippen MR) is 121 cm³/mol. The average molecular weight is 488 g/mol. The Morgan fingerprint density at radius 3 is 2.94 bits per heavy atom. The Balaban J connectivity index is 1.63. The number of benzene rings is 1. The lowest BCUT2D eigenvalue weighted by Gasteiger charge is -2.23. The Bertz CT molecular complexity index is 1220. The van der Waals surface area contributed by atoms with E-state index in [-0.39, 0.29) is 18.3 Å². The van der Waals surface area contributed by atoms with Crippen LogP contribution in [0.3, 0.4) is 0 Å². The van der Waals surface area contributed by atoms with Crippen molar-refractivity contribution in [1.82, 2.24) is 20.2 Å². The number of ether oxygens (including phenoxy) is 2. The number of carbonyl (C=O) groups is 2. The third kappa shape index (κ3) is 3.93. The lowest BCUT2D eigenvalue weighted by Crippen LogP contribution is -2.36. The molecule has 0 atom stereocenters. The van der Waals surface area contributed by atoms with E-state index >= 15 is 0 Å². The van der Waals surface area contributed by atoms with Crippen molar-refractivity contribution in [2.45, 2.75) is 37.8 Å². The molecule has 2 aliphatic rings. The van der Waals surface area contributed by atoms with E-state index in [2.05, 4.69) is 15.5 Å². The highest BCUT2D eigenvalue weighted by molar-refractivity contribution is 7.99. The van der Waals surface area contributed by atoms with Gasteiger partial charge in [0.15, 0.2) is 10.8 Å². The molecule has 10 nitrogen and oxygen atoms in total. The second-order valence-electron chi connectivity index (χ2n) is 7.39. The van der Waals surface area contributed by atoms with Gasteiger partial charge in [-0.3, -0.25) is 4.79 Å². The lowest BCUT2D eigenvalue weighted by atomic mass is 9.95. The van der Waals surface area contributed by atoms with Gasteiger partial charge in [0.1, 0.15) is 17.0 Å². The highest BCUT2D eigenvalue weighted by atomic mass is 32.2. The monoisotopic (exact) mass is 487 g/mol. The number of esters is 1. The van der Waals surface area contributed by atoms with E-state index in [1.54, 1.807) is 32.2 Å². The number of fused-ring (bicyclic) bond motifs is 5. The molecule has 172 valence electrons. The van der Waals surface area contributed by atoms with Crippen LogP contribution in [0.1, 0.15) is 40.6 Å². The smallest absolute Gasteiger partial charge is 0.341 e. The first-order chi connectivity index (χ1) is 16.1. The quantitative estimate of drug-likeness (QED) is 0.512. The minimum atomic E-state index is -0.438. The number of hydrogen-bond donors (Lipinski definition) is 0. The zero-order chi connectivity index (χ0) is 22.9. The van der Waals surface area contributed by atoms with Crippen LogP contribution in [-0.4, -0.2) is 51.6 Å². The first-order valence-electron chi connectivity index (χ1n) is 10.5. The van der Waals surface area contributed by atoms with E-state index in [9.17, 15) is 9.59 Å². The van der Waals surface area contributed by atoms with Crippen LogP contribution in [0.15, 0.2) is 23.4 Å². The van der Waals surface area contributed by atoms with Crippen LogP contribution in [-0.2, 0) is 22.4 Å². The molecular formula is C21H21N5O5S2. The summed E-state index contributed by atoms with van der Waals surface area (Å²) >= 11 is 2.59. The number of amides is 1. The van der Waals surface area contributed by atoms with Gasteiger partial charge in [-0.15, -0.1) is 21.5 Å². The number of hydroxylamine groups is 1. The van der Waals surface area contributed by atoms with Gasteiger partial charge in [0, 0.05) is 10.9 Å². The molecule has 0 fully saturated rings. The summed E-state index contributed by atoms with van der Waals surface area (Å²) in [5.41, 5.74) is 1.96. The minimum Gasteiger partial charge on any atom is -0.494 e. The van der Waals surface area contributed by atoms with Crippen LogP contribution < -0.4 is 14.6 Å². The number of nitrogens with zero attached hydrogens (tertiary/aromatic N) is 5. The average Bonchev–Trinajstić information content (AvgIpc) is 3.45. The lowest BCUT2D eigenvalue weighted by molar-refractivity contribution is -0.120. The highest BCUT2D eigenvalue weighted by Gasteiger charge is 2.34. The third-order valence-electron chi connectivity index (χ3n) is 5.38. The molecule has 3 aromatic rings. The zero-order valence-electron chi connectivity index (χ0n) is 18.1. The molecule has 33 heavy (non-hydrogen) atoms. The molecule has 12 heteroatoms. The molecule has 3 heterocycles. The summed E-state index contributed by atoms with van der Waals surface area (Å²) in [4.78, 5) is 33.5. The number of carbonyl (C=O) groups excluding carboxylic acids is 2. The highest BCUT2D eigenvalue weighted by Crippen LogP contribution is 2.42. The molecule has 1 aromatic carbocycles. The number of aryl methyl sites for hydroxylation is 1. The molecule has 1 amide bonds. The minimum absolute atomic E-state index is 0.0117. The molecule has 0 radical (unpaired) electrons. The molecule has 2 aromatic heterocycles. The van der Waals surface area contributed by atoms with E-state index in [1.165, 1.54) is 32.8 Å². The maximum Gasteiger partial charge on any atom is 0.341 e. The van der Waals surface area contributed by atoms with Gasteiger partial charge in [0.2, 0.25) is 5.16 Å². The van der Waals surface area contributed by atoms with Crippen molar-refractivity contribution >= 4 is 40.0 Å². The number of anilines is 1. The van der Waals surface area contributed by atoms with Gasteiger partial charge >= 0.3 is 5.97 Å². The first-order valence-corrected chi connectivity index (χ1v) is 12.3.